The lowest BCUT2D eigenvalue weighted by atomic mass is 10.0. The van der Waals surface area contributed by atoms with E-state index in [0.29, 0.717) is 6.42 Å². The van der Waals surface area contributed by atoms with Gasteiger partial charge in [0, 0.05) is 48.0 Å². The molecule has 0 aliphatic carbocycles. The Balaban J connectivity index is 2.00. The average Bonchev–Trinajstić information content (AvgIpc) is 2.75. The van der Waals surface area contributed by atoms with Crippen LogP contribution in [0.1, 0.15) is 27.2 Å². The Hall–Kier alpha value is -2.42. The first kappa shape index (κ1) is 13.6. The molecule has 2 heterocycles. The second kappa shape index (κ2) is 5.17. The van der Waals surface area contributed by atoms with Gasteiger partial charge in [-0.05, 0) is 43.7 Å². The van der Waals surface area contributed by atoms with Crippen LogP contribution in [0.3, 0.4) is 0 Å². The van der Waals surface area contributed by atoms with Crippen LogP contribution in [0.4, 0.5) is 0 Å². The quantitative estimate of drug-likeness (QED) is 0.686. The van der Waals surface area contributed by atoms with Crippen LogP contribution in [0, 0.1) is 13.8 Å². The van der Waals surface area contributed by atoms with Crippen molar-refractivity contribution in [1.82, 2.24) is 9.55 Å². The standard InChI is InChI=1S/C18H18N2O/c1-12-4-5-17-15(8-12)16(11-20(17)3)18(21)10-14-6-7-19-13(2)9-14/h4-9,11H,10H2,1-3H3. The third-order valence-electron chi connectivity index (χ3n) is 3.77. The maximum atomic E-state index is 12.6. The minimum atomic E-state index is 0.150. The lowest BCUT2D eigenvalue weighted by Gasteiger charge is -2.02. The number of rotatable bonds is 3. The van der Waals surface area contributed by atoms with Crippen molar-refractivity contribution in [3.63, 3.8) is 0 Å². The number of fused-ring (bicyclic) bond motifs is 1. The van der Waals surface area contributed by atoms with Crippen LogP contribution in [0.2, 0.25) is 0 Å². The van der Waals surface area contributed by atoms with Crippen LogP contribution in [0.5, 0.6) is 0 Å². The summed E-state index contributed by atoms with van der Waals surface area (Å²) in [4.78, 5) is 16.8. The van der Waals surface area contributed by atoms with Crippen molar-refractivity contribution in [2.75, 3.05) is 0 Å². The number of aromatic nitrogens is 2. The van der Waals surface area contributed by atoms with E-state index in [1.54, 1.807) is 6.20 Å². The van der Waals surface area contributed by atoms with Gasteiger partial charge in [0.2, 0.25) is 0 Å². The number of hydrogen-bond acceptors (Lipinski definition) is 2. The molecule has 0 radical (unpaired) electrons. The maximum Gasteiger partial charge on any atom is 0.169 e. The van der Waals surface area contributed by atoms with E-state index in [4.69, 9.17) is 0 Å². The molecule has 3 aromatic rings. The normalized spacial score (nSPS) is 11.0. The minimum Gasteiger partial charge on any atom is -0.350 e. The number of pyridine rings is 1. The van der Waals surface area contributed by atoms with E-state index in [1.165, 1.54) is 5.56 Å². The zero-order valence-electron chi connectivity index (χ0n) is 12.6. The van der Waals surface area contributed by atoms with Crippen molar-refractivity contribution in [3.05, 3.63) is 65.1 Å². The fourth-order valence-corrected chi connectivity index (χ4v) is 2.72. The van der Waals surface area contributed by atoms with E-state index in [0.717, 1.165) is 27.7 Å². The van der Waals surface area contributed by atoms with Crippen LogP contribution in [-0.2, 0) is 13.5 Å². The Kier molecular flexibility index (Phi) is 3.34. The number of aryl methyl sites for hydroxylation is 3. The Morgan fingerprint density at radius 1 is 1.19 bits per heavy atom. The molecule has 1 aromatic carbocycles. The number of benzene rings is 1. The summed E-state index contributed by atoms with van der Waals surface area (Å²) in [7, 11) is 1.98. The molecule has 0 atom stereocenters. The molecule has 0 aliphatic heterocycles. The molecule has 106 valence electrons. The predicted molar refractivity (Wildman–Crippen MR) is 84.7 cm³/mol. The summed E-state index contributed by atoms with van der Waals surface area (Å²) in [5.74, 6) is 0.150. The zero-order valence-corrected chi connectivity index (χ0v) is 12.6. The molecule has 0 saturated heterocycles. The second-order valence-corrected chi connectivity index (χ2v) is 5.58. The molecule has 0 saturated carbocycles. The molecule has 0 fully saturated rings. The average molecular weight is 278 g/mol. The zero-order chi connectivity index (χ0) is 15.0. The van der Waals surface area contributed by atoms with Crippen LogP contribution in [-0.4, -0.2) is 15.3 Å². The molecule has 3 heteroatoms. The van der Waals surface area contributed by atoms with Gasteiger partial charge >= 0.3 is 0 Å². The number of ketones is 1. The SMILES string of the molecule is Cc1ccc2c(c1)c(C(=O)Cc1ccnc(C)c1)cn2C. The van der Waals surface area contributed by atoms with Gasteiger partial charge in [0.15, 0.2) is 5.78 Å². The van der Waals surface area contributed by atoms with Crippen LogP contribution >= 0.6 is 0 Å². The summed E-state index contributed by atoms with van der Waals surface area (Å²) >= 11 is 0. The summed E-state index contributed by atoms with van der Waals surface area (Å²) in [6, 6.07) is 10.1. The molecule has 0 unspecified atom stereocenters. The van der Waals surface area contributed by atoms with Gasteiger partial charge in [-0.2, -0.15) is 0 Å². The van der Waals surface area contributed by atoms with Gasteiger partial charge < -0.3 is 4.57 Å². The van der Waals surface area contributed by atoms with Crippen LogP contribution in [0.25, 0.3) is 10.9 Å². The van der Waals surface area contributed by atoms with Crippen molar-refractivity contribution >= 4 is 16.7 Å². The molecule has 0 amide bonds. The minimum absolute atomic E-state index is 0.150. The van der Waals surface area contributed by atoms with Gasteiger partial charge in [-0.3, -0.25) is 9.78 Å². The van der Waals surface area contributed by atoms with E-state index in [2.05, 4.69) is 23.2 Å². The molecule has 3 rings (SSSR count). The third-order valence-corrected chi connectivity index (χ3v) is 3.77. The second-order valence-electron chi connectivity index (χ2n) is 5.58. The Morgan fingerprint density at radius 2 is 2.00 bits per heavy atom. The van der Waals surface area contributed by atoms with E-state index in [-0.39, 0.29) is 5.78 Å². The molecule has 0 spiro atoms. The molecule has 0 bridgehead atoms. The number of hydrogen-bond donors (Lipinski definition) is 0. The fraction of sp³-hybridized carbons (Fsp3) is 0.222. The highest BCUT2D eigenvalue weighted by Gasteiger charge is 2.14. The molecular formula is C18H18N2O. The number of carbonyl (C=O) groups excluding carboxylic acids is 1. The largest absolute Gasteiger partial charge is 0.350 e. The Morgan fingerprint density at radius 3 is 2.76 bits per heavy atom. The molecule has 0 N–H and O–H groups in total. The van der Waals surface area contributed by atoms with Gasteiger partial charge in [-0.25, -0.2) is 0 Å². The van der Waals surface area contributed by atoms with Crippen LogP contribution < -0.4 is 0 Å². The van der Waals surface area contributed by atoms with E-state index in [9.17, 15) is 4.79 Å². The number of Topliss-reactive ketones (excluding diaryl/α,β-unsaturated/α-hetero) is 1. The lowest BCUT2D eigenvalue weighted by molar-refractivity contribution is 0.0994. The van der Waals surface area contributed by atoms with Gasteiger partial charge in [0.25, 0.3) is 0 Å². The first-order valence-corrected chi connectivity index (χ1v) is 7.05. The highest BCUT2D eigenvalue weighted by atomic mass is 16.1. The molecule has 21 heavy (non-hydrogen) atoms. The summed E-state index contributed by atoms with van der Waals surface area (Å²) < 4.78 is 2.01. The highest BCUT2D eigenvalue weighted by Crippen LogP contribution is 2.23. The number of nitrogens with zero attached hydrogens (tertiary/aromatic N) is 2. The van der Waals surface area contributed by atoms with Gasteiger partial charge in [0.1, 0.15) is 0 Å². The summed E-state index contributed by atoms with van der Waals surface area (Å²) in [6.45, 7) is 3.99. The van der Waals surface area contributed by atoms with E-state index < -0.39 is 0 Å². The van der Waals surface area contributed by atoms with E-state index >= 15 is 0 Å². The molecule has 2 aromatic heterocycles. The van der Waals surface area contributed by atoms with Crippen molar-refractivity contribution in [2.45, 2.75) is 20.3 Å². The first-order valence-electron chi connectivity index (χ1n) is 7.05. The molecule has 0 aliphatic rings. The summed E-state index contributed by atoms with van der Waals surface area (Å²) in [6.07, 6.45) is 4.10. The topological polar surface area (TPSA) is 34.9 Å². The Bertz CT molecular complexity index is 830. The van der Waals surface area contributed by atoms with E-state index in [1.807, 2.05) is 43.8 Å². The maximum absolute atomic E-state index is 12.6. The van der Waals surface area contributed by atoms with Crippen molar-refractivity contribution in [3.8, 4) is 0 Å². The third kappa shape index (κ3) is 2.59. The summed E-state index contributed by atoms with van der Waals surface area (Å²) in [5.41, 5.74) is 5.01. The summed E-state index contributed by atoms with van der Waals surface area (Å²) in [5, 5.41) is 1.04. The highest BCUT2D eigenvalue weighted by molar-refractivity contribution is 6.09. The fourth-order valence-electron chi connectivity index (χ4n) is 2.72. The van der Waals surface area contributed by atoms with Gasteiger partial charge in [-0.1, -0.05) is 11.6 Å². The monoisotopic (exact) mass is 278 g/mol. The van der Waals surface area contributed by atoms with Gasteiger partial charge in [0.05, 0.1) is 0 Å². The van der Waals surface area contributed by atoms with Crippen molar-refractivity contribution in [2.24, 2.45) is 7.05 Å². The van der Waals surface area contributed by atoms with Crippen LogP contribution in [0.15, 0.2) is 42.7 Å². The first-order chi connectivity index (χ1) is 10.0. The Labute approximate surface area is 124 Å². The number of carbonyl (C=O) groups is 1. The smallest absolute Gasteiger partial charge is 0.169 e. The van der Waals surface area contributed by atoms with Crippen molar-refractivity contribution in [1.29, 1.82) is 0 Å². The lowest BCUT2D eigenvalue weighted by Crippen LogP contribution is -2.03. The molecular weight excluding hydrogens is 260 g/mol. The molecule has 3 nitrogen and oxygen atoms in total. The van der Waals surface area contributed by atoms with Crippen molar-refractivity contribution < 1.29 is 4.79 Å². The van der Waals surface area contributed by atoms with Gasteiger partial charge in [-0.15, -0.1) is 0 Å². The predicted octanol–water partition coefficient (Wildman–Crippen LogP) is 3.62.